The molecule has 0 aromatic carbocycles. The van der Waals surface area contributed by atoms with Gasteiger partial charge in [0.05, 0.1) is 0 Å². The monoisotopic (exact) mass is 232 g/mol. The third kappa shape index (κ3) is 3.16. The average Bonchev–Trinajstić information content (AvgIpc) is 2.98. The van der Waals surface area contributed by atoms with Gasteiger partial charge < -0.3 is 0 Å². The summed E-state index contributed by atoms with van der Waals surface area (Å²) >= 11 is 0. The van der Waals surface area contributed by atoms with Crippen molar-refractivity contribution in [3.63, 3.8) is 0 Å². The number of nitrogens with zero attached hydrogens (tertiary/aromatic N) is 1. The molecule has 0 amide bonds. The van der Waals surface area contributed by atoms with Gasteiger partial charge in [0.25, 0.3) is 10.2 Å². The standard InChI is InChI=1S/C10H20N2O2S/c1-9-3-2-6-12(8-9)15(13,14)11-7-10-4-5-10/h9-11H,2-8H2,1H3. The second kappa shape index (κ2) is 4.39. The first kappa shape index (κ1) is 11.4. The molecular weight excluding hydrogens is 212 g/mol. The lowest BCUT2D eigenvalue weighted by Gasteiger charge is -2.29. The normalized spacial score (nSPS) is 29.3. The summed E-state index contributed by atoms with van der Waals surface area (Å²) in [6.45, 7) is 4.11. The highest BCUT2D eigenvalue weighted by Gasteiger charge is 2.29. The van der Waals surface area contributed by atoms with E-state index in [1.807, 2.05) is 0 Å². The highest BCUT2D eigenvalue weighted by Crippen LogP contribution is 2.28. The Morgan fingerprint density at radius 3 is 2.67 bits per heavy atom. The predicted octanol–water partition coefficient (Wildman–Crippen LogP) is 0.963. The predicted molar refractivity (Wildman–Crippen MR) is 59.6 cm³/mol. The molecule has 4 nitrogen and oxygen atoms in total. The molecule has 0 aromatic rings. The maximum atomic E-state index is 11.9. The van der Waals surface area contributed by atoms with Crippen LogP contribution in [0.2, 0.25) is 0 Å². The zero-order chi connectivity index (χ0) is 10.9. The fourth-order valence-corrected chi connectivity index (χ4v) is 3.45. The van der Waals surface area contributed by atoms with Crippen LogP contribution in [0.3, 0.4) is 0 Å². The molecule has 2 rings (SSSR count). The molecule has 5 heteroatoms. The van der Waals surface area contributed by atoms with Crippen LogP contribution in [0.1, 0.15) is 32.6 Å². The molecule has 2 aliphatic rings. The van der Waals surface area contributed by atoms with Crippen molar-refractivity contribution < 1.29 is 8.42 Å². The average molecular weight is 232 g/mol. The van der Waals surface area contributed by atoms with Crippen molar-refractivity contribution in [1.82, 2.24) is 9.03 Å². The first-order valence-corrected chi connectivity index (χ1v) is 7.26. The molecular formula is C10H20N2O2S. The van der Waals surface area contributed by atoms with Crippen molar-refractivity contribution in [1.29, 1.82) is 0 Å². The minimum atomic E-state index is -3.19. The summed E-state index contributed by atoms with van der Waals surface area (Å²) < 4.78 is 28.1. The van der Waals surface area contributed by atoms with Gasteiger partial charge in [-0.1, -0.05) is 6.92 Å². The van der Waals surface area contributed by atoms with Crippen molar-refractivity contribution in [3.8, 4) is 0 Å². The molecule has 0 bridgehead atoms. The zero-order valence-electron chi connectivity index (χ0n) is 9.28. The van der Waals surface area contributed by atoms with Gasteiger partial charge in [-0.2, -0.15) is 12.7 Å². The summed E-state index contributed by atoms with van der Waals surface area (Å²) in [5, 5.41) is 0. The van der Waals surface area contributed by atoms with Crippen molar-refractivity contribution in [2.24, 2.45) is 11.8 Å². The molecule has 1 aliphatic carbocycles. The Balaban J connectivity index is 1.88. The van der Waals surface area contributed by atoms with E-state index in [0.717, 1.165) is 12.8 Å². The first-order valence-electron chi connectivity index (χ1n) is 5.82. The van der Waals surface area contributed by atoms with Gasteiger partial charge in [0.2, 0.25) is 0 Å². The van der Waals surface area contributed by atoms with Gasteiger partial charge in [-0.3, -0.25) is 0 Å². The molecule has 1 aliphatic heterocycles. The molecule has 1 saturated heterocycles. The molecule has 15 heavy (non-hydrogen) atoms. The Kier molecular flexibility index (Phi) is 3.33. The fraction of sp³-hybridized carbons (Fsp3) is 1.00. The maximum absolute atomic E-state index is 11.9. The summed E-state index contributed by atoms with van der Waals surface area (Å²) in [4.78, 5) is 0. The first-order chi connectivity index (χ1) is 7.08. The molecule has 0 aromatic heterocycles. The lowest BCUT2D eigenvalue weighted by atomic mass is 10.0. The Morgan fingerprint density at radius 2 is 2.07 bits per heavy atom. The summed E-state index contributed by atoms with van der Waals surface area (Å²) in [6, 6.07) is 0. The van der Waals surface area contributed by atoms with Crippen LogP contribution < -0.4 is 4.72 Å². The van der Waals surface area contributed by atoms with Crippen LogP contribution in [-0.2, 0) is 10.2 Å². The third-order valence-corrected chi connectivity index (χ3v) is 4.75. The summed E-state index contributed by atoms with van der Waals surface area (Å²) in [5.41, 5.74) is 0. The molecule has 0 spiro atoms. The second-order valence-electron chi connectivity index (χ2n) is 4.90. The fourth-order valence-electron chi connectivity index (χ4n) is 2.00. The number of nitrogens with one attached hydrogen (secondary N) is 1. The molecule has 1 unspecified atom stereocenters. The summed E-state index contributed by atoms with van der Waals surface area (Å²) in [6.07, 6.45) is 4.50. The molecule has 1 saturated carbocycles. The van der Waals surface area contributed by atoms with Crippen LogP contribution in [0.25, 0.3) is 0 Å². The van der Waals surface area contributed by atoms with E-state index in [2.05, 4.69) is 11.6 Å². The van der Waals surface area contributed by atoms with E-state index < -0.39 is 10.2 Å². The highest BCUT2D eigenvalue weighted by molar-refractivity contribution is 7.87. The Labute approximate surface area is 92.2 Å². The Bertz CT molecular complexity index is 311. The maximum Gasteiger partial charge on any atom is 0.279 e. The number of rotatable bonds is 4. The minimum Gasteiger partial charge on any atom is -0.202 e. The van der Waals surface area contributed by atoms with Crippen molar-refractivity contribution >= 4 is 10.2 Å². The van der Waals surface area contributed by atoms with E-state index in [-0.39, 0.29) is 0 Å². The SMILES string of the molecule is CC1CCCN(S(=O)(=O)NCC2CC2)C1. The number of hydrogen-bond acceptors (Lipinski definition) is 2. The van der Waals surface area contributed by atoms with E-state index in [0.29, 0.717) is 31.5 Å². The minimum absolute atomic E-state index is 0.497. The van der Waals surface area contributed by atoms with Gasteiger partial charge in [-0.05, 0) is 37.5 Å². The largest absolute Gasteiger partial charge is 0.279 e. The van der Waals surface area contributed by atoms with Gasteiger partial charge in [0, 0.05) is 19.6 Å². The van der Waals surface area contributed by atoms with Crippen molar-refractivity contribution in [3.05, 3.63) is 0 Å². The third-order valence-electron chi connectivity index (χ3n) is 3.21. The van der Waals surface area contributed by atoms with Crippen LogP contribution in [0, 0.1) is 11.8 Å². The quantitative estimate of drug-likeness (QED) is 0.785. The van der Waals surface area contributed by atoms with Crippen LogP contribution >= 0.6 is 0 Å². The Morgan fingerprint density at radius 1 is 1.33 bits per heavy atom. The Hall–Kier alpha value is -0.130. The smallest absolute Gasteiger partial charge is 0.202 e. The molecule has 1 N–H and O–H groups in total. The van der Waals surface area contributed by atoms with E-state index in [9.17, 15) is 8.42 Å². The van der Waals surface area contributed by atoms with Crippen LogP contribution in [0.15, 0.2) is 0 Å². The topological polar surface area (TPSA) is 49.4 Å². The summed E-state index contributed by atoms with van der Waals surface area (Å²) in [7, 11) is -3.19. The van der Waals surface area contributed by atoms with Crippen LogP contribution in [0.5, 0.6) is 0 Å². The van der Waals surface area contributed by atoms with Gasteiger partial charge in [-0.15, -0.1) is 0 Å². The molecule has 2 fully saturated rings. The van der Waals surface area contributed by atoms with E-state index in [1.165, 1.54) is 12.8 Å². The lowest BCUT2D eigenvalue weighted by Crippen LogP contribution is -2.46. The van der Waals surface area contributed by atoms with Crippen LogP contribution in [0.4, 0.5) is 0 Å². The molecule has 1 heterocycles. The van der Waals surface area contributed by atoms with Gasteiger partial charge >= 0.3 is 0 Å². The number of piperidine rings is 1. The molecule has 1 atom stereocenters. The van der Waals surface area contributed by atoms with E-state index >= 15 is 0 Å². The van der Waals surface area contributed by atoms with Crippen molar-refractivity contribution in [2.45, 2.75) is 32.6 Å². The van der Waals surface area contributed by atoms with E-state index in [4.69, 9.17) is 0 Å². The lowest BCUT2D eigenvalue weighted by molar-refractivity contribution is 0.278. The van der Waals surface area contributed by atoms with Gasteiger partial charge in [0.1, 0.15) is 0 Å². The van der Waals surface area contributed by atoms with Crippen LogP contribution in [-0.4, -0.2) is 32.4 Å². The van der Waals surface area contributed by atoms with E-state index in [1.54, 1.807) is 4.31 Å². The van der Waals surface area contributed by atoms with Gasteiger partial charge in [-0.25, -0.2) is 4.72 Å². The van der Waals surface area contributed by atoms with Crippen molar-refractivity contribution in [2.75, 3.05) is 19.6 Å². The summed E-state index contributed by atoms with van der Waals surface area (Å²) in [5.74, 6) is 1.10. The van der Waals surface area contributed by atoms with Gasteiger partial charge in [0.15, 0.2) is 0 Å². The highest BCUT2D eigenvalue weighted by atomic mass is 32.2. The molecule has 0 radical (unpaired) electrons. The molecule has 88 valence electrons. The number of hydrogen-bond donors (Lipinski definition) is 1. The zero-order valence-corrected chi connectivity index (χ0v) is 10.1. The second-order valence-corrected chi connectivity index (χ2v) is 6.66.